The zero-order chi connectivity index (χ0) is 13.9. The molecule has 7 heteroatoms. The fraction of sp³-hybridized carbons (Fsp3) is 0.818. The normalized spacial score (nSPS) is 22.7. The second kappa shape index (κ2) is 5.49. The van der Waals surface area contributed by atoms with Crippen molar-refractivity contribution in [3.8, 4) is 0 Å². The number of nitrogens with zero attached hydrogens (tertiary/aromatic N) is 2. The Kier molecular flexibility index (Phi) is 4.48. The van der Waals surface area contributed by atoms with Gasteiger partial charge in [-0.25, -0.2) is 13.6 Å². The van der Waals surface area contributed by atoms with E-state index in [1.165, 1.54) is 4.90 Å². The summed E-state index contributed by atoms with van der Waals surface area (Å²) in [5.41, 5.74) is 0. The minimum atomic E-state index is -3.37. The van der Waals surface area contributed by atoms with Gasteiger partial charge >= 0.3 is 12.0 Å². The van der Waals surface area contributed by atoms with Crippen LogP contribution in [0.15, 0.2) is 0 Å². The first-order valence-corrected chi connectivity index (χ1v) is 5.98. The number of likely N-dealkylation sites (tertiary alicyclic amines) is 1. The molecule has 1 fully saturated rings. The quantitative estimate of drug-likeness (QED) is 0.840. The maximum Gasteiger partial charge on any atom is 0.320 e. The molecular weight excluding hydrogens is 246 g/mol. The lowest BCUT2D eigenvalue weighted by atomic mass is 9.93. The number of rotatable bonds is 3. The Morgan fingerprint density at radius 3 is 2.33 bits per heavy atom. The lowest BCUT2D eigenvalue weighted by Gasteiger charge is -2.38. The van der Waals surface area contributed by atoms with Gasteiger partial charge in [0.05, 0.1) is 6.54 Å². The van der Waals surface area contributed by atoms with E-state index >= 15 is 0 Å². The monoisotopic (exact) mass is 264 g/mol. The number of aliphatic carboxylic acids is 1. The van der Waals surface area contributed by atoms with Gasteiger partial charge in [-0.2, -0.15) is 0 Å². The van der Waals surface area contributed by atoms with E-state index < -0.39 is 30.4 Å². The van der Waals surface area contributed by atoms with E-state index in [-0.39, 0.29) is 13.0 Å². The van der Waals surface area contributed by atoms with E-state index in [0.717, 1.165) is 4.90 Å². The molecule has 1 aliphatic rings. The fourth-order valence-electron chi connectivity index (χ4n) is 2.10. The van der Waals surface area contributed by atoms with Gasteiger partial charge in [-0.05, 0) is 20.3 Å². The van der Waals surface area contributed by atoms with Crippen molar-refractivity contribution >= 4 is 12.0 Å². The summed E-state index contributed by atoms with van der Waals surface area (Å²) in [6.07, 6.45) is -0.213. The molecule has 0 aromatic heterocycles. The zero-order valence-corrected chi connectivity index (χ0v) is 10.5. The Bertz CT molecular complexity index is 332. The summed E-state index contributed by atoms with van der Waals surface area (Å²) in [5.74, 6) is -6.57. The van der Waals surface area contributed by atoms with Gasteiger partial charge in [0, 0.05) is 19.6 Å². The maximum atomic E-state index is 13.6. The van der Waals surface area contributed by atoms with Crippen LogP contribution in [-0.4, -0.2) is 59.0 Å². The third-order valence-corrected chi connectivity index (χ3v) is 3.20. The fourth-order valence-corrected chi connectivity index (χ4v) is 2.10. The molecule has 1 N–H and O–H groups in total. The van der Waals surface area contributed by atoms with Gasteiger partial charge in [-0.3, -0.25) is 4.79 Å². The SMILES string of the molecule is CCN(CC)C(=O)N1CCC(C(=O)O)C(F)(F)C1. The Labute approximate surface area is 104 Å². The number of alkyl halides is 2. The third-order valence-electron chi connectivity index (χ3n) is 3.20. The molecule has 0 aromatic rings. The molecule has 1 unspecified atom stereocenters. The highest BCUT2D eigenvalue weighted by atomic mass is 19.3. The lowest BCUT2D eigenvalue weighted by molar-refractivity contribution is -0.165. The molecule has 0 saturated carbocycles. The van der Waals surface area contributed by atoms with E-state index in [1.54, 1.807) is 13.8 Å². The third kappa shape index (κ3) is 2.88. The number of carbonyl (C=O) groups is 2. The summed E-state index contributed by atoms with van der Waals surface area (Å²) in [5, 5.41) is 8.71. The van der Waals surface area contributed by atoms with E-state index in [0.29, 0.717) is 13.1 Å². The van der Waals surface area contributed by atoms with Gasteiger partial charge in [0.25, 0.3) is 5.92 Å². The largest absolute Gasteiger partial charge is 0.481 e. The average Bonchev–Trinajstić information content (AvgIpc) is 2.28. The summed E-state index contributed by atoms with van der Waals surface area (Å²) in [6.45, 7) is 3.66. The van der Waals surface area contributed by atoms with E-state index in [4.69, 9.17) is 5.11 Å². The zero-order valence-electron chi connectivity index (χ0n) is 10.5. The highest BCUT2D eigenvalue weighted by Crippen LogP contribution is 2.33. The standard InChI is InChI=1S/C11H18F2N2O3/c1-3-14(4-2)10(18)15-6-5-8(9(16)17)11(12,13)7-15/h8H,3-7H2,1-2H3,(H,16,17). The van der Waals surface area contributed by atoms with E-state index in [9.17, 15) is 18.4 Å². The highest BCUT2D eigenvalue weighted by molar-refractivity contribution is 5.76. The molecule has 1 saturated heterocycles. The first kappa shape index (κ1) is 14.7. The van der Waals surface area contributed by atoms with Crippen LogP contribution in [0.4, 0.5) is 13.6 Å². The summed E-state index contributed by atoms with van der Waals surface area (Å²) < 4.78 is 27.2. The Morgan fingerprint density at radius 2 is 1.94 bits per heavy atom. The molecule has 1 atom stereocenters. The van der Waals surface area contributed by atoms with E-state index in [1.807, 2.05) is 0 Å². The number of carboxylic acids is 1. The molecule has 2 amide bonds. The van der Waals surface area contributed by atoms with Crippen molar-refractivity contribution in [1.82, 2.24) is 9.80 Å². The Hall–Kier alpha value is -1.40. The maximum absolute atomic E-state index is 13.6. The van der Waals surface area contributed by atoms with Gasteiger partial charge in [-0.1, -0.05) is 0 Å². The van der Waals surface area contributed by atoms with Crippen molar-refractivity contribution in [2.24, 2.45) is 5.92 Å². The second-order valence-electron chi connectivity index (χ2n) is 4.32. The molecule has 0 spiro atoms. The number of carbonyl (C=O) groups excluding carboxylic acids is 1. The smallest absolute Gasteiger partial charge is 0.320 e. The summed E-state index contributed by atoms with van der Waals surface area (Å²) in [4.78, 5) is 25.1. The van der Waals surface area contributed by atoms with Crippen LogP contribution in [0.3, 0.4) is 0 Å². The predicted molar refractivity (Wildman–Crippen MR) is 60.6 cm³/mol. The van der Waals surface area contributed by atoms with Gasteiger partial charge in [-0.15, -0.1) is 0 Å². The number of amides is 2. The molecule has 18 heavy (non-hydrogen) atoms. The van der Waals surface area contributed by atoms with Crippen LogP contribution in [0, 0.1) is 5.92 Å². The molecule has 5 nitrogen and oxygen atoms in total. The second-order valence-corrected chi connectivity index (χ2v) is 4.32. The molecule has 0 bridgehead atoms. The molecular formula is C11H18F2N2O3. The number of urea groups is 1. The molecule has 104 valence electrons. The van der Waals surface area contributed by atoms with Crippen LogP contribution in [0.25, 0.3) is 0 Å². The number of carboxylic acid groups (broad SMARTS) is 1. The predicted octanol–water partition coefficient (Wildman–Crippen LogP) is 1.49. The molecule has 0 aromatic carbocycles. The molecule has 0 radical (unpaired) electrons. The first-order chi connectivity index (χ1) is 8.33. The highest BCUT2D eigenvalue weighted by Gasteiger charge is 2.50. The van der Waals surface area contributed by atoms with Crippen LogP contribution in [-0.2, 0) is 4.79 Å². The summed E-state index contributed by atoms with van der Waals surface area (Å²) in [7, 11) is 0. The summed E-state index contributed by atoms with van der Waals surface area (Å²) in [6, 6.07) is -0.455. The van der Waals surface area contributed by atoms with E-state index in [2.05, 4.69) is 0 Å². The number of piperidine rings is 1. The Balaban J connectivity index is 2.74. The topological polar surface area (TPSA) is 60.9 Å². The van der Waals surface area contributed by atoms with Crippen LogP contribution in [0.1, 0.15) is 20.3 Å². The van der Waals surface area contributed by atoms with Crippen molar-refractivity contribution in [1.29, 1.82) is 0 Å². The van der Waals surface area contributed by atoms with Crippen molar-refractivity contribution in [2.75, 3.05) is 26.2 Å². The number of hydrogen-bond donors (Lipinski definition) is 1. The molecule has 1 rings (SSSR count). The van der Waals surface area contributed by atoms with Crippen LogP contribution in [0.2, 0.25) is 0 Å². The number of halogens is 2. The van der Waals surface area contributed by atoms with Gasteiger partial charge in [0.2, 0.25) is 0 Å². The minimum Gasteiger partial charge on any atom is -0.481 e. The first-order valence-electron chi connectivity index (χ1n) is 5.98. The van der Waals surface area contributed by atoms with Crippen LogP contribution >= 0.6 is 0 Å². The molecule has 1 heterocycles. The van der Waals surface area contributed by atoms with Gasteiger partial charge in [0.15, 0.2) is 0 Å². The van der Waals surface area contributed by atoms with Crippen molar-refractivity contribution in [2.45, 2.75) is 26.2 Å². The minimum absolute atomic E-state index is 0.0574. The molecule has 0 aliphatic carbocycles. The Morgan fingerprint density at radius 1 is 1.39 bits per heavy atom. The summed E-state index contributed by atoms with van der Waals surface area (Å²) >= 11 is 0. The lowest BCUT2D eigenvalue weighted by Crippen LogP contribution is -2.55. The molecule has 1 aliphatic heterocycles. The van der Waals surface area contributed by atoms with Crippen molar-refractivity contribution in [3.63, 3.8) is 0 Å². The van der Waals surface area contributed by atoms with Crippen LogP contribution < -0.4 is 0 Å². The average molecular weight is 264 g/mol. The van der Waals surface area contributed by atoms with Crippen LogP contribution in [0.5, 0.6) is 0 Å². The van der Waals surface area contributed by atoms with Gasteiger partial charge in [0.1, 0.15) is 5.92 Å². The van der Waals surface area contributed by atoms with Crippen molar-refractivity contribution in [3.05, 3.63) is 0 Å². The van der Waals surface area contributed by atoms with Gasteiger partial charge < -0.3 is 14.9 Å². The number of hydrogen-bond acceptors (Lipinski definition) is 2. The van der Waals surface area contributed by atoms with Crippen molar-refractivity contribution < 1.29 is 23.5 Å².